The van der Waals surface area contributed by atoms with Gasteiger partial charge in [0.1, 0.15) is 0 Å². The van der Waals surface area contributed by atoms with E-state index in [0.717, 1.165) is 10.0 Å². The van der Waals surface area contributed by atoms with Crippen LogP contribution in [0.5, 0.6) is 0 Å². The fourth-order valence-corrected chi connectivity index (χ4v) is 2.68. The fourth-order valence-electron chi connectivity index (χ4n) is 1.82. The summed E-state index contributed by atoms with van der Waals surface area (Å²) in [4.78, 5) is 23.3. The van der Waals surface area contributed by atoms with Gasteiger partial charge in [-0.1, -0.05) is 37.9 Å². The molecule has 2 rings (SSSR count). The number of anilines is 1. The highest BCUT2D eigenvalue weighted by molar-refractivity contribution is 9.10. The zero-order chi connectivity index (χ0) is 15.6. The number of halogens is 2. The molecule has 21 heavy (non-hydrogen) atoms. The molecule has 0 aliphatic heterocycles. The first kappa shape index (κ1) is 15.7. The number of carboxylic acids is 1. The van der Waals surface area contributed by atoms with E-state index >= 15 is 0 Å². The van der Waals surface area contributed by atoms with Crippen LogP contribution in [0.2, 0.25) is 0 Å². The molecule has 0 aromatic heterocycles. The summed E-state index contributed by atoms with van der Waals surface area (Å²) in [6.07, 6.45) is 0. The number of carbonyl (C=O) groups excluding carboxylic acids is 1. The van der Waals surface area contributed by atoms with E-state index in [1.54, 1.807) is 12.1 Å². The number of carbonyl (C=O) groups is 2. The third-order valence-electron chi connectivity index (χ3n) is 2.85. The van der Waals surface area contributed by atoms with Crippen molar-refractivity contribution in [3.8, 4) is 0 Å². The summed E-state index contributed by atoms with van der Waals surface area (Å²) in [5.41, 5.74) is 1.89. The maximum atomic E-state index is 12.3. The molecule has 2 aromatic rings. The highest BCUT2D eigenvalue weighted by Crippen LogP contribution is 2.22. The lowest BCUT2D eigenvalue weighted by Gasteiger charge is -2.09. The molecule has 0 bridgehead atoms. The smallest absolute Gasteiger partial charge is 0.335 e. The van der Waals surface area contributed by atoms with Gasteiger partial charge in [-0.25, -0.2) is 4.79 Å². The second kappa shape index (κ2) is 6.41. The van der Waals surface area contributed by atoms with Gasteiger partial charge in [-0.3, -0.25) is 4.79 Å². The van der Waals surface area contributed by atoms with Crippen molar-refractivity contribution in [2.24, 2.45) is 0 Å². The van der Waals surface area contributed by atoms with Crippen LogP contribution in [0.15, 0.2) is 45.3 Å². The van der Waals surface area contributed by atoms with Gasteiger partial charge >= 0.3 is 5.97 Å². The van der Waals surface area contributed by atoms with Gasteiger partial charge in [0.05, 0.1) is 5.56 Å². The lowest BCUT2D eigenvalue weighted by Crippen LogP contribution is -2.14. The average Bonchev–Trinajstić information content (AvgIpc) is 2.40. The summed E-state index contributed by atoms with van der Waals surface area (Å²) >= 11 is 6.56. The van der Waals surface area contributed by atoms with Crippen LogP contribution in [0.1, 0.15) is 26.3 Å². The molecule has 2 aromatic carbocycles. The number of amides is 1. The predicted octanol–water partition coefficient (Wildman–Crippen LogP) is 4.47. The topological polar surface area (TPSA) is 66.4 Å². The van der Waals surface area contributed by atoms with E-state index in [-0.39, 0.29) is 11.5 Å². The molecule has 0 heterocycles. The van der Waals surface area contributed by atoms with E-state index in [1.165, 1.54) is 12.1 Å². The summed E-state index contributed by atoms with van der Waals surface area (Å²) in [5.74, 6) is -1.34. The minimum atomic E-state index is -1.05. The first-order chi connectivity index (χ1) is 9.86. The van der Waals surface area contributed by atoms with Crippen LogP contribution in [0.3, 0.4) is 0 Å². The number of hydrogen-bond acceptors (Lipinski definition) is 2. The van der Waals surface area contributed by atoms with Crippen molar-refractivity contribution in [1.29, 1.82) is 0 Å². The minimum absolute atomic E-state index is 0.102. The molecule has 0 unspecified atom stereocenters. The van der Waals surface area contributed by atoms with Crippen molar-refractivity contribution in [2.75, 3.05) is 5.32 Å². The molecule has 2 N–H and O–H groups in total. The number of benzene rings is 2. The largest absolute Gasteiger partial charge is 0.478 e. The van der Waals surface area contributed by atoms with E-state index in [0.29, 0.717) is 15.7 Å². The molecule has 1 amide bonds. The number of hydrogen-bond donors (Lipinski definition) is 2. The summed E-state index contributed by atoms with van der Waals surface area (Å²) < 4.78 is 1.39. The number of aryl methyl sites for hydroxylation is 1. The Morgan fingerprint density at radius 2 is 1.76 bits per heavy atom. The first-order valence-corrected chi connectivity index (χ1v) is 7.57. The molecule has 108 valence electrons. The van der Waals surface area contributed by atoms with Crippen LogP contribution < -0.4 is 5.32 Å². The van der Waals surface area contributed by atoms with Gasteiger partial charge in [0.15, 0.2) is 0 Å². The molecular formula is C15H11Br2NO3. The van der Waals surface area contributed by atoms with Gasteiger partial charge in [0.2, 0.25) is 0 Å². The average molecular weight is 413 g/mol. The lowest BCUT2D eigenvalue weighted by molar-refractivity contribution is 0.0696. The summed E-state index contributed by atoms with van der Waals surface area (Å²) in [6, 6.07) is 9.95. The zero-order valence-electron chi connectivity index (χ0n) is 11.0. The molecule has 0 atom stereocenters. The van der Waals surface area contributed by atoms with E-state index in [1.807, 2.05) is 19.1 Å². The second-order valence-electron chi connectivity index (χ2n) is 4.45. The van der Waals surface area contributed by atoms with E-state index in [2.05, 4.69) is 37.2 Å². The van der Waals surface area contributed by atoms with Gasteiger partial charge in [0, 0.05) is 20.2 Å². The summed E-state index contributed by atoms with van der Waals surface area (Å²) in [6.45, 7) is 1.84. The molecule has 0 aliphatic rings. The number of rotatable bonds is 3. The fraction of sp³-hybridized carbons (Fsp3) is 0.0667. The molecule has 0 fully saturated rings. The predicted molar refractivity (Wildman–Crippen MR) is 87.9 cm³/mol. The Kier molecular flexibility index (Phi) is 4.80. The van der Waals surface area contributed by atoms with Crippen LogP contribution in [-0.4, -0.2) is 17.0 Å². The Hall–Kier alpha value is -1.66. The summed E-state index contributed by atoms with van der Waals surface area (Å²) in [7, 11) is 0. The Morgan fingerprint density at radius 3 is 2.43 bits per heavy atom. The SMILES string of the molecule is Cc1ccc(Br)cc1C(=O)Nc1cc(Br)cc(C(=O)O)c1. The van der Waals surface area contributed by atoms with Crippen molar-refractivity contribution in [1.82, 2.24) is 0 Å². The molecule has 0 saturated heterocycles. The number of aromatic carboxylic acids is 1. The van der Waals surface area contributed by atoms with Crippen LogP contribution in [0, 0.1) is 6.92 Å². The highest BCUT2D eigenvalue weighted by Gasteiger charge is 2.12. The third kappa shape index (κ3) is 3.92. The summed E-state index contributed by atoms with van der Waals surface area (Å²) in [5, 5.41) is 11.7. The number of nitrogens with one attached hydrogen (secondary N) is 1. The maximum Gasteiger partial charge on any atom is 0.335 e. The zero-order valence-corrected chi connectivity index (χ0v) is 14.2. The van der Waals surface area contributed by atoms with Crippen molar-refractivity contribution >= 4 is 49.4 Å². The molecule has 0 saturated carbocycles. The standard InChI is InChI=1S/C15H11Br2NO3/c1-8-2-3-10(16)7-13(8)14(19)18-12-5-9(15(20)21)4-11(17)6-12/h2-7H,1H3,(H,18,19)(H,20,21). The van der Waals surface area contributed by atoms with Crippen LogP contribution >= 0.6 is 31.9 Å². The third-order valence-corrected chi connectivity index (χ3v) is 3.80. The van der Waals surface area contributed by atoms with E-state index in [9.17, 15) is 9.59 Å². The van der Waals surface area contributed by atoms with Crippen LogP contribution in [0.25, 0.3) is 0 Å². The van der Waals surface area contributed by atoms with E-state index < -0.39 is 5.97 Å². The normalized spacial score (nSPS) is 10.2. The van der Waals surface area contributed by atoms with Crippen LogP contribution in [-0.2, 0) is 0 Å². The molecule has 0 spiro atoms. The first-order valence-electron chi connectivity index (χ1n) is 5.98. The Balaban J connectivity index is 2.31. The maximum absolute atomic E-state index is 12.3. The van der Waals surface area contributed by atoms with Gasteiger partial charge in [-0.05, 0) is 42.8 Å². The van der Waals surface area contributed by atoms with Gasteiger partial charge in [0.25, 0.3) is 5.91 Å². The quantitative estimate of drug-likeness (QED) is 0.781. The van der Waals surface area contributed by atoms with Gasteiger partial charge in [-0.15, -0.1) is 0 Å². The highest BCUT2D eigenvalue weighted by atomic mass is 79.9. The molecule has 4 nitrogen and oxygen atoms in total. The Labute approximate surface area is 138 Å². The molecule has 0 radical (unpaired) electrons. The molecule has 6 heteroatoms. The molecule has 0 aliphatic carbocycles. The lowest BCUT2D eigenvalue weighted by atomic mass is 10.1. The van der Waals surface area contributed by atoms with Crippen molar-refractivity contribution in [3.05, 3.63) is 62.0 Å². The van der Waals surface area contributed by atoms with Crippen molar-refractivity contribution in [2.45, 2.75) is 6.92 Å². The Morgan fingerprint density at radius 1 is 1.05 bits per heavy atom. The minimum Gasteiger partial charge on any atom is -0.478 e. The van der Waals surface area contributed by atoms with Crippen LogP contribution in [0.4, 0.5) is 5.69 Å². The van der Waals surface area contributed by atoms with Crippen molar-refractivity contribution < 1.29 is 14.7 Å². The van der Waals surface area contributed by atoms with Crippen molar-refractivity contribution in [3.63, 3.8) is 0 Å². The van der Waals surface area contributed by atoms with Gasteiger partial charge < -0.3 is 10.4 Å². The van der Waals surface area contributed by atoms with Gasteiger partial charge in [-0.2, -0.15) is 0 Å². The van der Waals surface area contributed by atoms with E-state index in [4.69, 9.17) is 5.11 Å². The Bertz CT molecular complexity index is 729. The second-order valence-corrected chi connectivity index (χ2v) is 6.28. The monoisotopic (exact) mass is 411 g/mol. The molecular weight excluding hydrogens is 402 g/mol. The number of carboxylic acid groups (broad SMARTS) is 1.